The molecule has 20 heavy (non-hydrogen) atoms. The molecule has 0 radical (unpaired) electrons. The molecule has 106 valence electrons. The van der Waals surface area contributed by atoms with Crippen LogP contribution in [0.1, 0.15) is 10.4 Å². The smallest absolute Gasteiger partial charge is 0.260 e. The molecule has 0 fully saturated rings. The predicted molar refractivity (Wildman–Crippen MR) is 78.3 cm³/mol. The predicted octanol–water partition coefficient (Wildman–Crippen LogP) is 2.89. The van der Waals surface area contributed by atoms with Crippen LogP contribution >= 0.6 is 15.9 Å². The lowest BCUT2D eigenvalue weighted by Gasteiger charge is -2.13. The largest absolute Gasteiger partial charge is 0.493 e. The van der Waals surface area contributed by atoms with E-state index in [9.17, 15) is 4.79 Å². The molecule has 1 amide bonds. The van der Waals surface area contributed by atoms with Gasteiger partial charge in [-0.05, 0) is 22.0 Å². The first-order valence-electron chi connectivity index (χ1n) is 5.62. The summed E-state index contributed by atoms with van der Waals surface area (Å²) in [5.74, 6) is 0.625. The van der Waals surface area contributed by atoms with E-state index < -0.39 is 0 Å². The molecule has 0 aliphatic heterocycles. The summed E-state index contributed by atoms with van der Waals surface area (Å²) in [5, 5.41) is 2.69. The van der Waals surface area contributed by atoms with Crippen molar-refractivity contribution in [3.05, 3.63) is 34.7 Å². The molecule has 0 saturated heterocycles. The molecule has 0 spiro atoms. The Morgan fingerprint density at radius 1 is 1.30 bits per heavy atom. The van der Waals surface area contributed by atoms with Crippen molar-refractivity contribution in [1.29, 1.82) is 0 Å². The molecule has 0 atom stereocenters. The Kier molecular flexibility index (Phi) is 4.19. The van der Waals surface area contributed by atoms with Crippen LogP contribution in [0.15, 0.2) is 33.5 Å². The molecule has 0 unspecified atom stereocenters. The van der Waals surface area contributed by atoms with Crippen LogP contribution < -0.4 is 20.5 Å². The SMILES string of the molecule is COc1cc(N)c(NC(=O)c2ccoc2Br)cc1OC. The molecular weight excluding hydrogens is 328 g/mol. The number of carbonyl (C=O) groups excluding carboxylic acids is 1. The van der Waals surface area contributed by atoms with Gasteiger partial charge in [-0.2, -0.15) is 0 Å². The highest BCUT2D eigenvalue weighted by Gasteiger charge is 2.16. The van der Waals surface area contributed by atoms with Crippen molar-refractivity contribution >= 4 is 33.2 Å². The van der Waals surface area contributed by atoms with Crippen molar-refractivity contribution in [3.8, 4) is 11.5 Å². The van der Waals surface area contributed by atoms with Crippen molar-refractivity contribution in [2.45, 2.75) is 0 Å². The standard InChI is InChI=1S/C13H13BrN2O4/c1-18-10-5-8(15)9(6-11(10)19-2)16-13(17)7-3-4-20-12(7)14/h3-6H,15H2,1-2H3,(H,16,17). The molecule has 1 heterocycles. The number of nitrogens with one attached hydrogen (secondary N) is 1. The number of nitrogen functional groups attached to an aromatic ring is 1. The minimum absolute atomic E-state index is 0.343. The summed E-state index contributed by atoms with van der Waals surface area (Å²) in [6.45, 7) is 0. The van der Waals surface area contributed by atoms with E-state index in [-0.39, 0.29) is 5.91 Å². The first-order valence-corrected chi connectivity index (χ1v) is 6.42. The first kappa shape index (κ1) is 14.3. The first-order chi connectivity index (χ1) is 9.56. The molecule has 0 aliphatic carbocycles. The second kappa shape index (κ2) is 5.87. The Morgan fingerprint density at radius 2 is 1.95 bits per heavy atom. The second-order valence-corrected chi connectivity index (χ2v) is 4.58. The Labute approximate surface area is 124 Å². The van der Waals surface area contributed by atoms with Crippen LogP contribution in [0.5, 0.6) is 11.5 Å². The van der Waals surface area contributed by atoms with Gasteiger partial charge in [-0.1, -0.05) is 0 Å². The zero-order valence-electron chi connectivity index (χ0n) is 10.9. The Morgan fingerprint density at radius 3 is 2.50 bits per heavy atom. The van der Waals surface area contributed by atoms with Crippen LogP contribution in [0.2, 0.25) is 0 Å². The van der Waals surface area contributed by atoms with Gasteiger partial charge in [0.15, 0.2) is 16.2 Å². The molecule has 6 nitrogen and oxygen atoms in total. The van der Waals surface area contributed by atoms with Crippen LogP contribution in [0, 0.1) is 0 Å². The van der Waals surface area contributed by atoms with Gasteiger partial charge in [0.25, 0.3) is 5.91 Å². The number of amides is 1. The molecule has 0 aliphatic rings. The van der Waals surface area contributed by atoms with E-state index in [2.05, 4.69) is 21.2 Å². The van der Waals surface area contributed by atoms with Crippen molar-refractivity contribution in [2.24, 2.45) is 0 Å². The molecule has 0 saturated carbocycles. The molecule has 1 aromatic carbocycles. The van der Waals surface area contributed by atoms with Crippen LogP contribution in [-0.2, 0) is 0 Å². The third-order valence-corrected chi connectivity index (χ3v) is 3.28. The Bertz CT molecular complexity index is 639. The summed E-state index contributed by atoms with van der Waals surface area (Å²) in [6.07, 6.45) is 1.41. The fraction of sp³-hybridized carbons (Fsp3) is 0.154. The third-order valence-electron chi connectivity index (χ3n) is 2.67. The van der Waals surface area contributed by atoms with Crippen LogP contribution in [0.4, 0.5) is 11.4 Å². The Hall–Kier alpha value is -2.15. The summed E-state index contributed by atoms with van der Waals surface area (Å²) in [6, 6.07) is 4.73. The van der Waals surface area contributed by atoms with Gasteiger partial charge in [0, 0.05) is 12.1 Å². The van der Waals surface area contributed by atoms with E-state index in [1.807, 2.05) is 0 Å². The average Bonchev–Trinajstić information content (AvgIpc) is 2.86. The number of nitrogens with two attached hydrogens (primary N) is 1. The highest BCUT2D eigenvalue weighted by atomic mass is 79.9. The number of benzene rings is 1. The zero-order valence-corrected chi connectivity index (χ0v) is 12.5. The van der Waals surface area contributed by atoms with Gasteiger partial charge in [-0.15, -0.1) is 0 Å². The molecule has 7 heteroatoms. The Balaban J connectivity index is 2.30. The maximum atomic E-state index is 12.1. The van der Waals surface area contributed by atoms with Gasteiger partial charge in [-0.3, -0.25) is 4.79 Å². The molecule has 1 aromatic heterocycles. The molecule has 3 N–H and O–H groups in total. The van der Waals surface area contributed by atoms with Crippen molar-refractivity contribution in [2.75, 3.05) is 25.3 Å². The maximum absolute atomic E-state index is 12.1. The third kappa shape index (κ3) is 2.72. The number of halogens is 1. The normalized spacial score (nSPS) is 10.2. The molecule has 2 aromatic rings. The van der Waals surface area contributed by atoms with Crippen molar-refractivity contribution < 1.29 is 18.7 Å². The number of hydrogen-bond acceptors (Lipinski definition) is 5. The highest BCUT2D eigenvalue weighted by Crippen LogP contribution is 2.35. The average molecular weight is 341 g/mol. The number of carbonyl (C=O) groups is 1. The summed E-state index contributed by atoms with van der Waals surface area (Å²) >= 11 is 3.15. The number of rotatable bonds is 4. The van der Waals surface area contributed by atoms with E-state index in [1.54, 1.807) is 18.2 Å². The second-order valence-electron chi connectivity index (χ2n) is 3.86. The van der Waals surface area contributed by atoms with Gasteiger partial charge in [0.1, 0.15) is 0 Å². The van der Waals surface area contributed by atoms with E-state index >= 15 is 0 Å². The van der Waals surface area contributed by atoms with Crippen LogP contribution in [0.3, 0.4) is 0 Å². The summed E-state index contributed by atoms with van der Waals surface area (Å²) < 4.78 is 15.7. The summed E-state index contributed by atoms with van der Waals surface area (Å²) in [5.41, 5.74) is 7.05. The lowest BCUT2D eigenvalue weighted by Crippen LogP contribution is -2.13. The van der Waals surface area contributed by atoms with Gasteiger partial charge < -0.3 is 24.9 Å². The molecule has 0 bridgehead atoms. The van der Waals surface area contributed by atoms with E-state index in [1.165, 1.54) is 20.5 Å². The number of hydrogen-bond donors (Lipinski definition) is 2. The maximum Gasteiger partial charge on any atom is 0.260 e. The van der Waals surface area contributed by atoms with Gasteiger partial charge in [-0.25, -0.2) is 0 Å². The number of methoxy groups -OCH3 is 2. The fourth-order valence-corrected chi connectivity index (χ4v) is 2.07. The number of anilines is 2. The van der Waals surface area contributed by atoms with Gasteiger partial charge in [0.05, 0.1) is 37.4 Å². The fourth-order valence-electron chi connectivity index (χ4n) is 1.65. The van der Waals surface area contributed by atoms with E-state index in [0.717, 1.165) is 0 Å². The van der Waals surface area contributed by atoms with E-state index in [0.29, 0.717) is 33.1 Å². The van der Waals surface area contributed by atoms with Crippen molar-refractivity contribution in [1.82, 2.24) is 0 Å². The summed E-state index contributed by atoms with van der Waals surface area (Å²) in [4.78, 5) is 12.1. The zero-order chi connectivity index (χ0) is 14.7. The van der Waals surface area contributed by atoms with Gasteiger partial charge >= 0.3 is 0 Å². The number of furan rings is 1. The minimum Gasteiger partial charge on any atom is -0.493 e. The van der Waals surface area contributed by atoms with Gasteiger partial charge in [0.2, 0.25) is 0 Å². The minimum atomic E-state index is -0.343. The van der Waals surface area contributed by atoms with Crippen LogP contribution in [-0.4, -0.2) is 20.1 Å². The number of ether oxygens (including phenoxy) is 2. The molecule has 2 rings (SSSR count). The van der Waals surface area contributed by atoms with Crippen LogP contribution in [0.25, 0.3) is 0 Å². The monoisotopic (exact) mass is 340 g/mol. The lowest BCUT2D eigenvalue weighted by atomic mass is 10.2. The highest BCUT2D eigenvalue weighted by molar-refractivity contribution is 9.10. The van der Waals surface area contributed by atoms with E-state index in [4.69, 9.17) is 19.6 Å². The van der Waals surface area contributed by atoms with Crippen molar-refractivity contribution in [3.63, 3.8) is 0 Å². The molecular formula is C13H13BrN2O4. The summed E-state index contributed by atoms with van der Waals surface area (Å²) in [7, 11) is 3.02. The topological polar surface area (TPSA) is 86.7 Å². The quantitative estimate of drug-likeness (QED) is 0.835. The lowest BCUT2D eigenvalue weighted by molar-refractivity contribution is 0.102.